The Balaban J connectivity index is 1.43. The second kappa shape index (κ2) is 8.18. The summed E-state index contributed by atoms with van der Waals surface area (Å²) in [5.41, 5.74) is 3.69. The minimum atomic E-state index is 0.175. The van der Waals surface area contributed by atoms with Crippen LogP contribution in [0.15, 0.2) is 78.9 Å². The van der Waals surface area contributed by atoms with Crippen LogP contribution in [-0.2, 0) is 6.54 Å². The zero-order valence-electron chi connectivity index (χ0n) is 13.5. The quantitative estimate of drug-likeness (QED) is 0.640. The van der Waals surface area contributed by atoms with Crippen molar-refractivity contribution in [1.29, 1.82) is 0 Å². The number of hydrogen-bond acceptors (Lipinski definition) is 3. The molecule has 0 saturated heterocycles. The summed E-state index contributed by atoms with van der Waals surface area (Å²) in [6.07, 6.45) is 0. The van der Waals surface area contributed by atoms with E-state index in [9.17, 15) is 5.11 Å². The molecule has 122 valence electrons. The van der Waals surface area contributed by atoms with Gasteiger partial charge < -0.3 is 15.2 Å². The summed E-state index contributed by atoms with van der Waals surface area (Å²) < 4.78 is 5.54. The first kappa shape index (κ1) is 16.1. The Morgan fingerprint density at radius 3 is 2.17 bits per heavy atom. The molecule has 0 aliphatic carbocycles. The van der Waals surface area contributed by atoms with E-state index in [-0.39, 0.29) is 5.75 Å². The van der Waals surface area contributed by atoms with Gasteiger partial charge in [0.15, 0.2) is 11.5 Å². The van der Waals surface area contributed by atoms with E-state index in [1.165, 1.54) is 16.7 Å². The lowest BCUT2D eigenvalue weighted by Gasteiger charge is -2.09. The van der Waals surface area contributed by atoms with E-state index in [0.29, 0.717) is 12.4 Å². The Morgan fingerprint density at radius 2 is 1.42 bits per heavy atom. The first-order valence-corrected chi connectivity index (χ1v) is 8.09. The number of phenolic OH excluding ortho intramolecular Hbond substituents is 1. The average molecular weight is 319 g/mol. The van der Waals surface area contributed by atoms with Crippen molar-refractivity contribution < 1.29 is 9.84 Å². The van der Waals surface area contributed by atoms with E-state index < -0.39 is 0 Å². The molecule has 0 amide bonds. The van der Waals surface area contributed by atoms with Gasteiger partial charge in [-0.15, -0.1) is 0 Å². The average Bonchev–Trinajstić information content (AvgIpc) is 2.64. The van der Waals surface area contributed by atoms with Crippen molar-refractivity contribution in [1.82, 2.24) is 5.32 Å². The van der Waals surface area contributed by atoms with Crippen molar-refractivity contribution >= 4 is 0 Å². The normalized spacial score (nSPS) is 10.5. The number of benzene rings is 3. The van der Waals surface area contributed by atoms with E-state index in [1.54, 1.807) is 18.2 Å². The molecule has 0 spiro atoms. The van der Waals surface area contributed by atoms with Crippen LogP contribution in [0.1, 0.15) is 5.56 Å². The number of aromatic hydroxyl groups is 1. The highest BCUT2D eigenvalue weighted by Gasteiger charge is 2.00. The Labute approximate surface area is 142 Å². The topological polar surface area (TPSA) is 41.5 Å². The van der Waals surface area contributed by atoms with Crippen molar-refractivity contribution in [2.45, 2.75) is 6.54 Å². The van der Waals surface area contributed by atoms with Crippen LogP contribution >= 0.6 is 0 Å². The highest BCUT2D eigenvalue weighted by molar-refractivity contribution is 5.63. The molecule has 0 bridgehead atoms. The standard InChI is InChI=1S/C21H21NO2/c23-20-8-4-5-9-21(20)24-15-14-22-16-17-10-12-19(13-11-17)18-6-2-1-3-7-18/h1-13,22-23H,14-16H2. The summed E-state index contributed by atoms with van der Waals surface area (Å²) in [4.78, 5) is 0. The summed E-state index contributed by atoms with van der Waals surface area (Å²) in [7, 11) is 0. The number of hydrogen-bond donors (Lipinski definition) is 2. The first-order valence-electron chi connectivity index (χ1n) is 8.09. The van der Waals surface area contributed by atoms with Gasteiger partial charge in [0, 0.05) is 13.1 Å². The van der Waals surface area contributed by atoms with Gasteiger partial charge in [0.05, 0.1) is 0 Å². The largest absolute Gasteiger partial charge is 0.504 e. The van der Waals surface area contributed by atoms with E-state index in [2.05, 4.69) is 53.8 Å². The van der Waals surface area contributed by atoms with Crippen molar-refractivity contribution in [3.05, 3.63) is 84.4 Å². The smallest absolute Gasteiger partial charge is 0.160 e. The molecule has 24 heavy (non-hydrogen) atoms. The second-order valence-corrected chi connectivity index (χ2v) is 5.56. The van der Waals surface area contributed by atoms with E-state index in [0.717, 1.165) is 13.1 Å². The minimum Gasteiger partial charge on any atom is -0.504 e. The molecule has 0 unspecified atom stereocenters. The number of para-hydroxylation sites is 2. The Hall–Kier alpha value is -2.78. The molecule has 3 aromatic carbocycles. The molecule has 0 aromatic heterocycles. The molecule has 0 radical (unpaired) electrons. The molecule has 0 aliphatic rings. The molecule has 2 N–H and O–H groups in total. The third-order valence-corrected chi connectivity index (χ3v) is 3.79. The van der Waals surface area contributed by atoms with Crippen molar-refractivity contribution in [3.63, 3.8) is 0 Å². The maximum absolute atomic E-state index is 9.62. The van der Waals surface area contributed by atoms with Crippen LogP contribution in [0, 0.1) is 0 Å². The first-order chi connectivity index (χ1) is 11.8. The summed E-state index contributed by atoms with van der Waals surface area (Å²) in [6, 6.07) is 25.9. The van der Waals surface area contributed by atoms with Gasteiger partial charge in [0.1, 0.15) is 6.61 Å². The zero-order chi connectivity index (χ0) is 16.6. The predicted molar refractivity (Wildman–Crippen MR) is 97.2 cm³/mol. The molecule has 0 atom stereocenters. The fourth-order valence-electron chi connectivity index (χ4n) is 2.49. The monoisotopic (exact) mass is 319 g/mol. The molecule has 0 aliphatic heterocycles. The zero-order valence-corrected chi connectivity index (χ0v) is 13.5. The Kier molecular flexibility index (Phi) is 5.48. The molecule has 3 aromatic rings. The molecular weight excluding hydrogens is 298 g/mol. The molecule has 0 fully saturated rings. The van der Waals surface area contributed by atoms with Crippen LogP contribution in [0.4, 0.5) is 0 Å². The van der Waals surface area contributed by atoms with Crippen LogP contribution in [0.25, 0.3) is 11.1 Å². The summed E-state index contributed by atoms with van der Waals surface area (Å²) >= 11 is 0. The van der Waals surface area contributed by atoms with Crippen LogP contribution in [0.3, 0.4) is 0 Å². The van der Waals surface area contributed by atoms with Crippen LogP contribution < -0.4 is 10.1 Å². The lowest BCUT2D eigenvalue weighted by atomic mass is 10.0. The van der Waals surface area contributed by atoms with Gasteiger partial charge in [0.25, 0.3) is 0 Å². The maximum atomic E-state index is 9.62. The lowest BCUT2D eigenvalue weighted by Crippen LogP contribution is -2.20. The van der Waals surface area contributed by atoms with Gasteiger partial charge in [-0.25, -0.2) is 0 Å². The molecule has 3 nitrogen and oxygen atoms in total. The van der Waals surface area contributed by atoms with E-state index >= 15 is 0 Å². The Bertz CT molecular complexity index is 754. The molecule has 3 heteroatoms. The van der Waals surface area contributed by atoms with E-state index in [1.807, 2.05) is 12.1 Å². The van der Waals surface area contributed by atoms with Gasteiger partial charge in [-0.3, -0.25) is 0 Å². The number of nitrogens with one attached hydrogen (secondary N) is 1. The summed E-state index contributed by atoms with van der Waals surface area (Å²) in [5, 5.41) is 13.0. The van der Waals surface area contributed by atoms with Crippen LogP contribution in [-0.4, -0.2) is 18.3 Å². The van der Waals surface area contributed by atoms with Crippen molar-refractivity contribution in [3.8, 4) is 22.6 Å². The lowest BCUT2D eigenvalue weighted by molar-refractivity contribution is 0.297. The maximum Gasteiger partial charge on any atom is 0.160 e. The summed E-state index contributed by atoms with van der Waals surface area (Å²) in [5.74, 6) is 0.695. The number of rotatable bonds is 7. The molecule has 0 saturated carbocycles. The second-order valence-electron chi connectivity index (χ2n) is 5.56. The SMILES string of the molecule is Oc1ccccc1OCCNCc1ccc(-c2ccccc2)cc1. The van der Waals surface area contributed by atoms with Gasteiger partial charge in [-0.05, 0) is 28.8 Å². The van der Waals surface area contributed by atoms with Crippen LogP contribution in [0.2, 0.25) is 0 Å². The van der Waals surface area contributed by atoms with Gasteiger partial charge >= 0.3 is 0 Å². The minimum absolute atomic E-state index is 0.175. The van der Waals surface area contributed by atoms with Crippen molar-refractivity contribution in [2.75, 3.05) is 13.2 Å². The number of phenols is 1. The predicted octanol–water partition coefficient (Wildman–Crippen LogP) is 4.23. The third kappa shape index (κ3) is 4.37. The third-order valence-electron chi connectivity index (χ3n) is 3.79. The Morgan fingerprint density at radius 1 is 0.750 bits per heavy atom. The van der Waals surface area contributed by atoms with Gasteiger partial charge in [0.2, 0.25) is 0 Å². The van der Waals surface area contributed by atoms with Gasteiger partial charge in [-0.2, -0.15) is 0 Å². The van der Waals surface area contributed by atoms with Crippen molar-refractivity contribution in [2.24, 2.45) is 0 Å². The molecule has 0 heterocycles. The highest BCUT2D eigenvalue weighted by atomic mass is 16.5. The molecular formula is C21H21NO2. The highest BCUT2D eigenvalue weighted by Crippen LogP contribution is 2.24. The molecule has 3 rings (SSSR count). The fourth-order valence-corrected chi connectivity index (χ4v) is 2.49. The van der Waals surface area contributed by atoms with E-state index in [4.69, 9.17) is 4.74 Å². The fraction of sp³-hybridized carbons (Fsp3) is 0.143. The van der Waals surface area contributed by atoms with Gasteiger partial charge in [-0.1, -0.05) is 66.7 Å². The number of ether oxygens (including phenoxy) is 1. The summed E-state index contributed by atoms with van der Waals surface area (Å²) in [6.45, 7) is 2.02. The van der Waals surface area contributed by atoms with Crippen LogP contribution in [0.5, 0.6) is 11.5 Å².